The summed E-state index contributed by atoms with van der Waals surface area (Å²) < 4.78 is 25.2. The molecule has 0 unspecified atom stereocenters. The zero-order chi connectivity index (χ0) is 14.2. The smallest absolute Gasteiger partial charge is 0.269 e. The lowest BCUT2D eigenvalue weighted by atomic mass is 10.3. The van der Waals surface area contributed by atoms with Crippen LogP contribution in [0.15, 0.2) is 29.2 Å². The van der Waals surface area contributed by atoms with E-state index in [2.05, 4.69) is 0 Å². The van der Waals surface area contributed by atoms with Gasteiger partial charge in [-0.3, -0.25) is 10.1 Å². The molecule has 1 aromatic carbocycles. The summed E-state index contributed by atoms with van der Waals surface area (Å²) in [7, 11) is -3.86. The number of nitro benzene ring substituents is 1. The molecular weight excluding hydrogens is 276 g/mol. The SMILES string of the molecule is O=[N+]([O-])c1ccc(S(=O)(=O)N2C[C@@H](O)[C@@H](O)C2)cc1. The van der Waals surface area contributed by atoms with Gasteiger partial charge in [0.05, 0.1) is 22.0 Å². The lowest BCUT2D eigenvalue weighted by molar-refractivity contribution is -0.384. The number of nitro groups is 1. The van der Waals surface area contributed by atoms with Gasteiger partial charge in [-0.25, -0.2) is 8.42 Å². The van der Waals surface area contributed by atoms with Crippen LogP contribution in [-0.4, -0.2) is 53.2 Å². The largest absolute Gasteiger partial charge is 0.389 e. The minimum atomic E-state index is -3.86. The van der Waals surface area contributed by atoms with E-state index in [1.165, 1.54) is 0 Å². The van der Waals surface area contributed by atoms with E-state index in [1.54, 1.807) is 0 Å². The van der Waals surface area contributed by atoms with E-state index in [1.807, 2.05) is 0 Å². The van der Waals surface area contributed by atoms with Crippen molar-refractivity contribution in [1.82, 2.24) is 4.31 Å². The Hall–Kier alpha value is -1.55. The Bertz CT molecular complexity index is 575. The van der Waals surface area contributed by atoms with Gasteiger partial charge in [0, 0.05) is 25.2 Å². The van der Waals surface area contributed by atoms with Crippen molar-refractivity contribution in [1.29, 1.82) is 0 Å². The van der Waals surface area contributed by atoms with Gasteiger partial charge >= 0.3 is 0 Å². The molecule has 8 nitrogen and oxygen atoms in total. The molecule has 1 fully saturated rings. The van der Waals surface area contributed by atoms with Crippen molar-refractivity contribution >= 4 is 15.7 Å². The maximum absolute atomic E-state index is 12.1. The molecule has 1 saturated heterocycles. The molecule has 0 radical (unpaired) electrons. The van der Waals surface area contributed by atoms with Crippen molar-refractivity contribution in [3.63, 3.8) is 0 Å². The molecule has 0 spiro atoms. The van der Waals surface area contributed by atoms with Crippen molar-refractivity contribution in [3.05, 3.63) is 34.4 Å². The Labute approximate surface area is 109 Å². The fourth-order valence-corrected chi connectivity index (χ4v) is 3.30. The Morgan fingerprint density at radius 3 is 2.05 bits per heavy atom. The molecule has 2 atom stereocenters. The maximum Gasteiger partial charge on any atom is 0.269 e. The number of nitrogens with zero attached hydrogens (tertiary/aromatic N) is 2. The van der Waals surface area contributed by atoms with Gasteiger partial charge < -0.3 is 10.2 Å². The third-order valence-electron chi connectivity index (χ3n) is 2.91. The summed E-state index contributed by atoms with van der Waals surface area (Å²) in [6.45, 7) is -0.388. The third-order valence-corrected chi connectivity index (χ3v) is 4.76. The molecule has 0 aromatic heterocycles. The van der Waals surface area contributed by atoms with Crippen LogP contribution in [0, 0.1) is 10.1 Å². The van der Waals surface area contributed by atoms with Gasteiger partial charge in [-0.05, 0) is 12.1 Å². The van der Waals surface area contributed by atoms with E-state index in [-0.39, 0.29) is 23.7 Å². The second-order valence-corrected chi connectivity index (χ2v) is 6.15. The standard InChI is InChI=1S/C10H12N2O6S/c13-9-5-11(6-10(9)14)19(17,18)8-3-1-7(2-4-8)12(15)16/h1-4,9-10,13-14H,5-6H2/t9-,10+. The normalized spacial score (nSPS) is 24.5. The number of hydrogen-bond acceptors (Lipinski definition) is 6. The van der Waals surface area contributed by atoms with Gasteiger partial charge in [-0.15, -0.1) is 0 Å². The number of aliphatic hydroxyl groups excluding tert-OH is 2. The topological polar surface area (TPSA) is 121 Å². The van der Waals surface area contributed by atoms with Crippen LogP contribution in [0.1, 0.15) is 0 Å². The predicted molar refractivity (Wildman–Crippen MR) is 63.9 cm³/mol. The molecule has 0 bridgehead atoms. The first-order valence-corrected chi connectivity index (χ1v) is 6.87. The average molecular weight is 288 g/mol. The summed E-state index contributed by atoms with van der Waals surface area (Å²) in [5.41, 5.74) is -0.208. The number of sulfonamides is 1. The average Bonchev–Trinajstić information content (AvgIpc) is 2.70. The minimum Gasteiger partial charge on any atom is -0.389 e. The van der Waals surface area contributed by atoms with E-state index in [9.17, 15) is 28.7 Å². The molecule has 2 N–H and O–H groups in total. The summed E-state index contributed by atoms with van der Waals surface area (Å²) in [6.07, 6.45) is -2.24. The fourth-order valence-electron chi connectivity index (χ4n) is 1.82. The van der Waals surface area contributed by atoms with E-state index in [0.29, 0.717) is 0 Å². The Morgan fingerprint density at radius 2 is 1.63 bits per heavy atom. The summed E-state index contributed by atoms with van der Waals surface area (Å²) >= 11 is 0. The van der Waals surface area contributed by atoms with Gasteiger partial charge in [0.25, 0.3) is 5.69 Å². The summed E-state index contributed by atoms with van der Waals surface area (Å²) in [5, 5.41) is 29.2. The third kappa shape index (κ3) is 2.59. The monoisotopic (exact) mass is 288 g/mol. The first-order valence-electron chi connectivity index (χ1n) is 5.43. The van der Waals surface area contributed by atoms with Crippen LogP contribution < -0.4 is 0 Å². The van der Waals surface area contributed by atoms with Crippen molar-refractivity contribution in [2.45, 2.75) is 17.1 Å². The van der Waals surface area contributed by atoms with Crippen molar-refractivity contribution in [2.75, 3.05) is 13.1 Å². The molecule has 1 aliphatic rings. The summed E-state index contributed by atoms with van der Waals surface area (Å²) in [5.74, 6) is 0. The van der Waals surface area contributed by atoms with Crippen LogP contribution in [0.4, 0.5) is 5.69 Å². The quantitative estimate of drug-likeness (QED) is 0.561. The number of aliphatic hydroxyl groups is 2. The zero-order valence-corrected chi connectivity index (χ0v) is 10.5. The van der Waals surface area contributed by atoms with Gasteiger partial charge in [-0.1, -0.05) is 0 Å². The molecule has 19 heavy (non-hydrogen) atoms. The highest BCUT2D eigenvalue weighted by atomic mass is 32.2. The molecule has 104 valence electrons. The second-order valence-electron chi connectivity index (χ2n) is 4.21. The van der Waals surface area contributed by atoms with Crippen LogP contribution in [0.3, 0.4) is 0 Å². The number of benzene rings is 1. The van der Waals surface area contributed by atoms with E-state index in [0.717, 1.165) is 28.6 Å². The molecule has 2 rings (SSSR count). The first kappa shape index (κ1) is 13.9. The van der Waals surface area contributed by atoms with Gasteiger partial charge in [0.1, 0.15) is 0 Å². The highest BCUT2D eigenvalue weighted by Gasteiger charge is 2.37. The van der Waals surface area contributed by atoms with Crippen molar-refractivity contribution < 1.29 is 23.6 Å². The van der Waals surface area contributed by atoms with Crippen LogP contribution >= 0.6 is 0 Å². The zero-order valence-electron chi connectivity index (χ0n) is 9.71. The lowest BCUT2D eigenvalue weighted by Gasteiger charge is -2.15. The molecular formula is C10H12N2O6S. The van der Waals surface area contributed by atoms with Gasteiger partial charge in [0.15, 0.2) is 0 Å². The van der Waals surface area contributed by atoms with Crippen LogP contribution in [0.5, 0.6) is 0 Å². The highest BCUT2D eigenvalue weighted by molar-refractivity contribution is 7.89. The number of rotatable bonds is 3. The van der Waals surface area contributed by atoms with Crippen molar-refractivity contribution in [3.8, 4) is 0 Å². The van der Waals surface area contributed by atoms with Gasteiger partial charge in [-0.2, -0.15) is 4.31 Å². The van der Waals surface area contributed by atoms with Crippen LogP contribution in [0.2, 0.25) is 0 Å². The first-order chi connectivity index (χ1) is 8.82. The molecule has 1 aliphatic heterocycles. The van der Waals surface area contributed by atoms with E-state index in [4.69, 9.17) is 0 Å². The van der Waals surface area contributed by atoms with Crippen LogP contribution in [-0.2, 0) is 10.0 Å². The Kier molecular flexibility index (Phi) is 3.54. The predicted octanol–water partition coefficient (Wildman–Crippen LogP) is -0.679. The maximum atomic E-state index is 12.1. The fraction of sp³-hybridized carbons (Fsp3) is 0.400. The van der Waals surface area contributed by atoms with Crippen LogP contribution in [0.25, 0.3) is 0 Å². The van der Waals surface area contributed by atoms with E-state index < -0.39 is 27.2 Å². The molecule has 1 aromatic rings. The molecule has 9 heteroatoms. The Morgan fingerprint density at radius 1 is 1.16 bits per heavy atom. The Balaban J connectivity index is 2.27. The molecule has 0 aliphatic carbocycles. The number of non-ortho nitro benzene ring substituents is 1. The number of hydrogen-bond donors (Lipinski definition) is 2. The molecule has 0 saturated carbocycles. The molecule has 0 amide bonds. The second kappa shape index (κ2) is 4.85. The molecule has 1 heterocycles. The van der Waals surface area contributed by atoms with E-state index >= 15 is 0 Å². The lowest BCUT2D eigenvalue weighted by Crippen LogP contribution is -2.29. The summed E-state index contributed by atoms with van der Waals surface area (Å²) in [4.78, 5) is 9.75. The minimum absolute atomic E-state index is 0.112. The summed E-state index contributed by atoms with van der Waals surface area (Å²) in [6, 6.07) is 4.45. The van der Waals surface area contributed by atoms with Gasteiger partial charge in [0.2, 0.25) is 10.0 Å². The highest BCUT2D eigenvalue weighted by Crippen LogP contribution is 2.23. The number of β-amino-alcohol motifs (C(OH)–C–C–N with tert-alkyl or cyclic N) is 2. The van der Waals surface area contributed by atoms with Crippen molar-refractivity contribution in [2.24, 2.45) is 0 Å².